The Kier molecular flexibility index (Phi) is 3.47. The quantitative estimate of drug-likeness (QED) is 0.461. The van der Waals surface area contributed by atoms with Gasteiger partial charge in [-0.3, -0.25) is 0 Å². The largest absolute Gasteiger partial charge is 0.389 e. The molecule has 1 atom stereocenters. The van der Waals surface area contributed by atoms with Gasteiger partial charge in [0, 0.05) is 13.7 Å². The molecular weight excluding hydrogens is 174 g/mol. The van der Waals surface area contributed by atoms with E-state index in [0.717, 1.165) is 0 Å². The van der Waals surface area contributed by atoms with Gasteiger partial charge in [-0.05, 0) is 0 Å². The van der Waals surface area contributed by atoms with Gasteiger partial charge in [0.15, 0.2) is 0 Å². The minimum Gasteiger partial charge on any atom is -0.389 e. The average molecular weight is 187 g/mol. The van der Waals surface area contributed by atoms with Gasteiger partial charge >= 0.3 is 0 Å². The molecule has 0 saturated heterocycles. The van der Waals surface area contributed by atoms with Crippen LogP contribution in [0, 0.1) is 0 Å². The fourth-order valence-corrected chi connectivity index (χ4v) is 0.814. The highest BCUT2D eigenvalue weighted by atomic mass is 16.5. The van der Waals surface area contributed by atoms with Gasteiger partial charge in [-0.15, -0.1) is 5.10 Å². The zero-order chi connectivity index (χ0) is 9.68. The first-order valence-corrected chi connectivity index (χ1v) is 3.81. The third-order valence-electron chi connectivity index (χ3n) is 1.36. The van der Waals surface area contributed by atoms with Crippen LogP contribution in [-0.4, -0.2) is 46.7 Å². The molecule has 0 aliphatic rings. The van der Waals surface area contributed by atoms with Crippen LogP contribution in [0.4, 0.5) is 11.9 Å². The van der Waals surface area contributed by atoms with E-state index in [1.807, 2.05) is 0 Å². The first-order valence-electron chi connectivity index (χ1n) is 3.81. The maximum atomic E-state index is 9.23. The number of nitrogens with one attached hydrogen (secondary N) is 2. The van der Waals surface area contributed by atoms with Crippen LogP contribution in [0.1, 0.15) is 0 Å². The molecule has 0 aliphatic heterocycles. The molecule has 0 aromatic carbocycles. The molecule has 1 aromatic heterocycles. The molecule has 0 amide bonds. The summed E-state index contributed by atoms with van der Waals surface area (Å²) in [5.74, 6) is 0.608. The number of hydrogen-bond acceptors (Lipinski definition) is 6. The predicted molar refractivity (Wildman–Crippen MR) is 47.2 cm³/mol. The second kappa shape index (κ2) is 4.63. The molecule has 5 N–H and O–H groups in total. The number of nitrogen functional groups attached to an aromatic ring is 1. The molecule has 7 nitrogen and oxygen atoms in total. The number of aromatic amines is 1. The minimum atomic E-state index is -0.579. The SMILES string of the molecule is COCC(O)CNc1n[nH]c(N)n1. The Bertz CT molecular complexity index is 251. The second-order valence-electron chi connectivity index (χ2n) is 2.53. The van der Waals surface area contributed by atoms with Gasteiger partial charge in [0.25, 0.3) is 0 Å². The topological polar surface area (TPSA) is 109 Å². The van der Waals surface area contributed by atoms with Crippen LogP contribution in [0.15, 0.2) is 0 Å². The monoisotopic (exact) mass is 187 g/mol. The third kappa shape index (κ3) is 3.26. The van der Waals surface area contributed by atoms with Gasteiger partial charge in [0.2, 0.25) is 11.9 Å². The zero-order valence-electron chi connectivity index (χ0n) is 7.32. The molecule has 13 heavy (non-hydrogen) atoms. The number of aromatic nitrogens is 3. The van der Waals surface area contributed by atoms with Crippen LogP contribution in [0.25, 0.3) is 0 Å². The van der Waals surface area contributed by atoms with E-state index < -0.39 is 6.10 Å². The summed E-state index contributed by atoms with van der Waals surface area (Å²) in [4.78, 5) is 3.79. The number of nitrogens with zero attached hydrogens (tertiary/aromatic N) is 2. The fraction of sp³-hybridized carbons (Fsp3) is 0.667. The summed E-state index contributed by atoms with van der Waals surface area (Å²) in [6.45, 7) is 0.595. The molecule has 0 spiro atoms. The van der Waals surface area contributed by atoms with E-state index in [2.05, 4.69) is 20.5 Å². The number of hydrogen-bond donors (Lipinski definition) is 4. The molecule has 0 aliphatic carbocycles. The molecular formula is C6H13N5O2. The van der Waals surface area contributed by atoms with Crippen molar-refractivity contribution in [3.05, 3.63) is 0 Å². The number of anilines is 2. The number of aliphatic hydroxyl groups is 1. The molecule has 1 aromatic rings. The van der Waals surface area contributed by atoms with Crippen molar-refractivity contribution in [3.63, 3.8) is 0 Å². The summed E-state index contributed by atoms with van der Waals surface area (Å²) in [6.07, 6.45) is -0.579. The van der Waals surface area contributed by atoms with Gasteiger partial charge in [-0.1, -0.05) is 0 Å². The van der Waals surface area contributed by atoms with E-state index in [1.54, 1.807) is 0 Å². The van der Waals surface area contributed by atoms with Gasteiger partial charge in [0.05, 0.1) is 12.7 Å². The minimum absolute atomic E-state index is 0.240. The molecule has 1 rings (SSSR count). The van der Waals surface area contributed by atoms with Crippen molar-refractivity contribution in [2.75, 3.05) is 31.3 Å². The van der Waals surface area contributed by atoms with Crippen LogP contribution < -0.4 is 11.1 Å². The number of aliphatic hydroxyl groups excluding tert-OH is 1. The molecule has 0 bridgehead atoms. The number of ether oxygens (including phenoxy) is 1. The number of H-pyrrole nitrogens is 1. The first-order chi connectivity index (χ1) is 6.22. The first kappa shape index (κ1) is 9.75. The summed E-state index contributed by atoms with van der Waals surface area (Å²) < 4.78 is 4.73. The lowest BCUT2D eigenvalue weighted by Crippen LogP contribution is -2.24. The van der Waals surface area contributed by atoms with Crippen molar-refractivity contribution >= 4 is 11.9 Å². The molecule has 1 heterocycles. The summed E-state index contributed by atoms with van der Waals surface area (Å²) in [5.41, 5.74) is 5.29. The number of rotatable bonds is 5. The van der Waals surface area contributed by atoms with E-state index in [4.69, 9.17) is 10.5 Å². The van der Waals surface area contributed by atoms with E-state index >= 15 is 0 Å². The average Bonchev–Trinajstić information content (AvgIpc) is 2.49. The Hall–Kier alpha value is -1.34. The molecule has 0 radical (unpaired) electrons. The second-order valence-corrected chi connectivity index (χ2v) is 2.53. The highest BCUT2D eigenvalue weighted by Crippen LogP contribution is 1.98. The van der Waals surface area contributed by atoms with E-state index in [-0.39, 0.29) is 12.6 Å². The highest BCUT2D eigenvalue weighted by molar-refractivity contribution is 5.29. The van der Waals surface area contributed by atoms with Crippen molar-refractivity contribution in [2.24, 2.45) is 0 Å². The van der Waals surface area contributed by atoms with Crippen LogP contribution in [0.5, 0.6) is 0 Å². The molecule has 74 valence electrons. The summed E-state index contributed by atoms with van der Waals surface area (Å²) in [7, 11) is 1.52. The number of nitrogens with two attached hydrogens (primary N) is 1. The van der Waals surface area contributed by atoms with Crippen molar-refractivity contribution < 1.29 is 9.84 Å². The Morgan fingerprint density at radius 1 is 1.77 bits per heavy atom. The maximum absolute atomic E-state index is 9.23. The van der Waals surface area contributed by atoms with Crippen LogP contribution in [0.3, 0.4) is 0 Å². The van der Waals surface area contributed by atoms with Crippen LogP contribution in [-0.2, 0) is 4.74 Å². The Morgan fingerprint density at radius 3 is 3.08 bits per heavy atom. The van der Waals surface area contributed by atoms with Crippen molar-refractivity contribution in [1.29, 1.82) is 0 Å². The molecule has 0 fully saturated rings. The smallest absolute Gasteiger partial charge is 0.243 e. The predicted octanol–water partition coefficient (Wildman–Crippen LogP) is -1.19. The fourth-order valence-electron chi connectivity index (χ4n) is 0.814. The van der Waals surface area contributed by atoms with Gasteiger partial charge in [-0.2, -0.15) is 4.98 Å². The normalized spacial score (nSPS) is 12.8. The third-order valence-corrected chi connectivity index (χ3v) is 1.36. The van der Waals surface area contributed by atoms with E-state index in [0.29, 0.717) is 12.5 Å². The van der Waals surface area contributed by atoms with Crippen LogP contribution >= 0.6 is 0 Å². The lowest BCUT2D eigenvalue weighted by molar-refractivity contribution is 0.0726. The lowest BCUT2D eigenvalue weighted by Gasteiger charge is -2.08. The van der Waals surface area contributed by atoms with Gasteiger partial charge < -0.3 is 20.9 Å². The summed E-state index contributed by atoms with van der Waals surface area (Å²) in [5, 5.41) is 18.2. The van der Waals surface area contributed by atoms with E-state index in [1.165, 1.54) is 7.11 Å². The van der Waals surface area contributed by atoms with Gasteiger partial charge in [-0.25, -0.2) is 5.10 Å². The summed E-state index contributed by atoms with van der Waals surface area (Å²) >= 11 is 0. The van der Waals surface area contributed by atoms with Crippen molar-refractivity contribution in [2.45, 2.75) is 6.10 Å². The Balaban J connectivity index is 2.26. The van der Waals surface area contributed by atoms with Crippen molar-refractivity contribution in [3.8, 4) is 0 Å². The standard InChI is InChI=1S/C6H13N5O2/c1-13-3-4(12)2-8-6-9-5(7)10-11-6/h4,12H,2-3H2,1H3,(H4,7,8,9,10,11). The Labute approximate surface area is 75.3 Å². The van der Waals surface area contributed by atoms with Crippen LogP contribution in [0.2, 0.25) is 0 Å². The van der Waals surface area contributed by atoms with Crippen molar-refractivity contribution in [1.82, 2.24) is 15.2 Å². The molecule has 7 heteroatoms. The van der Waals surface area contributed by atoms with E-state index in [9.17, 15) is 5.11 Å². The molecule has 0 saturated carbocycles. The summed E-state index contributed by atoms with van der Waals surface area (Å²) in [6, 6.07) is 0. The molecule has 1 unspecified atom stereocenters. The number of methoxy groups -OCH3 is 1. The Morgan fingerprint density at radius 2 is 2.54 bits per heavy atom. The lowest BCUT2D eigenvalue weighted by atomic mass is 10.4. The maximum Gasteiger partial charge on any atom is 0.243 e. The highest BCUT2D eigenvalue weighted by Gasteiger charge is 2.04. The zero-order valence-corrected chi connectivity index (χ0v) is 7.32. The van der Waals surface area contributed by atoms with Gasteiger partial charge in [0.1, 0.15) is 0 Å².